The first kappa shape index (κ1) is 12.8. The number of ether oxygens (including phenoxy) is 2. The molecule has 0 radical (unpaired) electrons. The summed E-state index contributed by atoms with van der Waals surface area (Å²) in [7, 11) is 0. The normalized spacial score (nSPS) is 41.4. The molecule has 0 aromatic carbocycles. The number of fused-ring (bicyclic) bond motifs is 2. The van der Waals surface area contributed by atoms with Crippen LogP contribution < -0.4 is 5.32 Å². The molecule has 0 spiro atoms. The molecular formula is C14H21N3O3. The van der Waals surface area contributed by atoms with Crippen molar-refractivity contribution in [2.24, 2.45) is 0 Å². The van der Waals surface area contributed by atoms with Gasteiger partial charge in [0.1, 0.15) is 12.1 Å². The van der Waals surface area contributed by atoms with E-state index in [0.717, 1.165) is 0 Å². The summed E-state index contributed by atoms with van der Waals surface area (Å²) in [6.07, 6.45) is 7.50. The Bertz CT molecular complexity index is 447. The topological polar surface area (TPSA) is 68.5 Å². The number of hydrogen-bond acceptors (Lipinski definition) is 5. The maximum atomic E-state index is 10.8. The van der Waals surface area contributed by atoms with Crippen molar-refractivity contribution in [3.63, 3.8) is 0 Å². The van der Waals surface area contributed by atoms with Crippen LogP contribution in [0.3, 0.4) is 0 Å². The van der Waals surface area contributed by atoms with E-state index in [9.17, 15) is 5.11 Å². The Morgan fingerprint density at radius 3 is 2.90 bits per heavy atom. The van der Waals surface area contributed by atoms with Gasteiger partial charge in [-0.05, 0) is 18.9 Å². The Labute approximate surface area is 118 Å². The van der Waals surface area contributed by atoms with E-state index >= 15 is 0 Å². The minimum atomic E-state index is -0.540. The molecule has 5 unspecified atom stereocenters. The lowest BCUT2D eigenvalue weighted by molar-refractivity contribution is -0.169. The summed E-state index contributed by atoms with van der Waals surface area (Å²) in [6, 6.07) is 2.00. The highest BCUT2D eigenvalue weighted by Crippen LogP contribution is 2.36. The lowest BCUT2D eigenvalue weighted by atomic mass is 9.95. The Morgan fingerprint density at radius 1 is 1.30 bits per heavy atom. The third kappa shape index (κ3) is 2.07. The molecule has 20 heavy (non-hydrogen) atoms. The Hall–Kier alpha value is -0.950. The Morgan fingerprint density at radius 2 is 2.15 bits per heavy atom. The fraction of sp³-hybridized carbons (Fsp3) is 0.786. The van der Waals surface area contributed by atoms with Gasteiger partial charge in [0.25, 0.3) is 0 Å². The number of aliphatic hydroxyl groups is 1. The molecule has 6 nitrogen and oxygen atoms in total. The van der Waals surface area contributed by atoms with Gasteiger partial charge >= 0.3 is 0 Å². The maximum Gasteiger partial charge on any atom is 0.183 e. The van der Waals surface area contributed by atoms with Crippen LogP contribution in [0.5, 0.6) is 0 Å². The Kier molecular flexibility index (Phi) is 3.26. The summed E-state index contributed by atoms with van der Waals surface area (Å²) >= 11 is 0. The first-order valence-electron chi connectivity index (χ1n) is 7.53. The molecule has 3 fully saturated rings. The van der Waals surface area contributed by atoms with Crippen LogP contribution >= 0.6 is 0 Å². The molecule has 1 aliphatic carbocycles. The zero-order chi connectivity index (χ0) is 13.5. The average molecular weight is 279 g/mol. The number of rotatable bonds is 3. The van der Waals surface area contributed by atoms with E-state index in [-0.39, 0.29) is 18.2 Å². The number of nitrogens with one attached hydrogen (secondary N) is 1. The van der Waals surface area contributed by atoms with E-state index in [1.165, 1.54) is 25.7 Å². The molecular weight excluding hydrogens is 258 g/mol. The van der Waals surface area contributed by atoms with Crippen molar-refractivity contribution in [3.05, 3.63) is 18.5 Å². The summed E-state index contributed by atoms with van der Waals surface area (Å²) in [6.45, 7) is 0.546. The largest absolute Gasteiger partial charge is 0.389 e. The maximum absolute atomic E-state index is 10.8. The fourth-order valence-corrected chi connectivity index (χ4v) is 3.71. The lowest BCUT2D eigenvalue weighted by Gasteiger charge is -2.39. The van der Waals surface area contributed by atoms with Crippen LogP contribution in [0, 0.1) is 0 Å². The van der Waals surface area contributed by atoms with E-state index in [2.05, 4.69) is 10.4 Å². The van der Waals surface area contributed by atoms with Crippen LogP contribution in [-0.2, 0) is 9.47 Å². The number of aliphatic hydroxyl groups excluding tert-OH is 1. The highest BCUT2D eigenvalue weighted by Gasteiger charge is 2.51. The van der Waals surface area contributed by atoms with Gasteiger partial charge < -0.3 is 19.9 Å². The minimum absolute atomic E-state index is 0.0533. The third-order valence-corrected chi connectivity index (χ3v) is 4.74. The van der Waals surface area contributed by atoms with E-state index in [1.54, 1.807) is 10.9 Å². The van der Waals surface area contributed by atoms with E-state index in [1.807, 2.05) is 12.3 Å². The zero-order valence-electron chi connectivity index (χ0n) is 11.4. The highest BCUT2D eigenvalue weighted by atomic mass is 16.7. The molecule has 110 valence electrons. The number of hydrogen-bond donors (Lipinski definition) is 2. The van der Waals surface area contributed by atoms with Crippen LogP contribution in [-0.4, -0.2) is 52.1 Å². The molecule has 1 saturated carbocycles. The summed E-state index contributed by atoms with van der Waals surface area (Å²) < 4.78 is 13.4. The second kappa shape index (κ2) is 5.11. The zero-order valence-corrected chi connectivity index (χ0v) is 11.4. The van der Waals surface area contributed by atoms with Gasteiger partial charge in [0.2, 0.25) is 0 Å². The quantitative estimate of drug-likeness (QED) is 0.840. The molecule has 1 aromatic rings. The van der Waals surface area contributed by atoms with Gasteiger partial charge in [-0.3, -0.25) is 4.68 Å². The number of aromatic nitrogens is 2. The second-order valence-electron chi connectivity index (χ2n) is 6.02. The summed E-state index contributed by atoms with van der Waals surface area (Å²) in [5.74, 6) is 0. The third-order valence-electron chi connectivity index (χ3n) is 4.74. The van der Waals surface area contributed by atoms with E-state index < -0.39 is 12.4 Å². The van der Waals surface area contributed by atoms with Crippen LogP contribution in [0.1, 0.15) is 31.7 Å². The molecule has 2 N–H and O–H groups in total. The van der Waals surface area contributed by atoms with Crippen LogP contribution in [0.2, 0.25) is 0 Å². The first-order valence-corrected chi connectivity index (χ1v) is 7.53. The van der Waals surface area contributed by atoms with Gasteiger partial charge in [0.05, 0.1) is 18.8 Å². The molecule has 4 rings (SSSR count). The molecule has 3 heterocycles. The van der Waals surface area contributed by atoms with Gasteiger partial charge in [-0.15, -0.1) is 0 Å². The standard InChI is InChI=1S/C14H21N3O3/c18-13-11(16-9-4-1-2-5-9)10-8-19-14(20-10)12(13)17-7-3-6-15-17/h3,6-7,9-14,16,18H,1-2,4-5,8H2. The van der Waals surface area contributed by atoms with Crippen molar-refractivity contribution in [2.75, 3.05) is 6.61 Å². The molecule has 3 aliphatic rings. The van der Waals surface area contributed by atoms with Crippen molar-refractivity contribution >= 4 is 0 Å². The second-order valence-corrected chi connectivity index (χ2v) is 6.02. The minimum Gasteiger partial charge on any atom is -0.389 e. The summed E-state index contributed by atoms with van der Waals surface area (Å²) in [5.41, 5.74) is 0. The van der Waals surface area contributed by atoms with Crippen LogP contribution in [0.15, 0.2) is 18.5 Å². The molecule has 1 aromatic heterocycles. The fourth-order valence-electron chi connectivity index (χ4n) is 3.71. The summed E-state index contributed by atoms with van der Waals surface area (Å²) in [4.78, 5) is 0. The predicted molar refractivity (Wildman–Crippen MR) is 71.1 cm³/mol. The van der Waals surface area contributed by atoms with E-state index in [0.29, 0.717) is 12.6 Å². The summed E-state index contributed by atoms with van der Waals surface area (Å²) in [5, 5.41) is 18.6. The SMILES string of the molecule is OC1C(NC2CCCC2)C2COC(O2)C1n1cccn1. The molecule has 0 amide bonds. The van der Waals surface area contributed by atoms with Gasteiger partial charge in [-0.1, -0.05) is 12.8 Å². The highest BCUT2D eigenvalue weighted by molar-refractivity contribution is 5.01. The molecule has 2 aliphatic heterocycles. The van der Waals surface area contributed by atoms with Gasteiger partial charge in [-0.2, -0.15) is 5.10 Å². The molecule has 5 atom stereocenters. The van der Waals surface area contributed by atoms with E-state index in [4.69, 9.17) is 9.47 Å². The first-order chi connectivity index (χ1) is 9.83. The lowest BCUT2D eigenvalue weighted by Crippen LogP contribution is -2.59. The monoisotopic (exact) mass is 279 g/mol. The van der Waals surface area contributed by atoms with Crippen molar-refractivity contribution in [2.45, 2.75) is 62.3 Å². The van der Waals surface area contributed by atoms with Crippen LogP contribution in [0.4, 0.5) is 0 Å². The van der Waals surface area contributed by atoms with Gasteiger partial charge in [0.15, 0.2) is 6.29 Å². The Balaban J connectivity index is 1.55. The van der Waals surface area contributed by atoms with Gasteiger partial charge in [-0.25, -0.2) is 0 Å². The predicted octanol–water partition coefficient (Wildman–Crippen LogP) is 0.441. The van der Waals surface area contributed by atoms with Crippen molar-refractivity contribution in [1.29, 1.82) is 0 Å². The van der Waals surface area contributed by atoms with Crippen molar-refractivity contribution in [3.8, 4) is 0 Å². The van der Waals surface area contributed by atoms with Crippen molar-refractivity contribution in [1.82, 2.24) is 15.1 Å². The molecule has 2 saturated heterocycles. The molecule has 2 bridgehead atoms. The van der Waals surface area contributed by atoms with Gasteiger partial charge in [0, 0.05) is 18.4 Å². The smallest absolute Gasteiger partial charge is 0.183 e. The van der Waals surface area contributed by atoms with Crippen LogP contribution in [0.25, 0.3) is 0 Å². The number of nitrogens with zero attached hydrogens (tertiary/aromatic N) is 2. The molecule has 6 heteroatoms. The van der Waals surface area contributed by atoms with Crippen molar-refractivity contribution < 1.29 is 14.6 Å². The average Bonchev–Trinajstić information content (AvgIpc) is 3.18.